The number of rotatable bonds is 8. The minimum absolute atomic E-state index is 0.104. The molecule has 28 heavy (non-hydrogen) atoms. The van der Waals surface area contributed by atoms with E-state index in [2.05, 4.69) is 22.9 Å². The van der Waals surface area contributed by atoms with Crippen LogP contribution in [0.2, 0.25) is 0 Å². The number of benzene rings is 2. The molecule has 152 valence electrons. The van der Waals surface area contributed by atoms with Gasteiger partial charge in [0.25, 0.3) is 0 Å². The highest BCUT2D eigenvalue weighted by atomic mass is 79.9. The number of hydrogen-bond acceptors (Lipinski definition) is 1. The topological polar surface area (TPSA) is 9.23 Å². The van der Waals surface area contributed by atoms with Gasteiger partial charge in [0, 0.05) is 4.47 Å². The molecule has 0 N–H and O–H groups in total. The molecule has 2 aromatic carbocycles. The van der Waals surface area contributed by atoms with E-state index < -0.39 is 6.11 Å². The van der Waals surface area contributed by atoms with Crippen molar-refractivity contribution in [2.24, 2.45) is 5.92 Å². The minimum Gasteiger partial charge on any atom is -0.429 e. The van der Waals surface area contributed by atoms with E-state index in [0.29, 0.717) is 5.92 Å². The van der Waals surface area contributed by atoms with Crippen LogP contribution in [-0.4, -0.2) is 0 Å². The van der Waals surface area contributed by atoms with Gasteiger partial charge in [-0.3, -0.25) is 0 Å². The Labute approximate surface area is 175 Å². The van der Waals surface area contributed by atoms with E-state index in [1.54, 1.807) is 12.1 Å². The van der Waals surface area contributed by atoms with Crippen LogP contribution >= 0.6 is 15.9 Å². The molecular weight excluding hydrogens is 422 g/mol. The molecule has 0 bridgehead atoms. The Morgan fingerprint density at radius 3 is 2.18 bits per heavy atom. The highest BCUT2D eigenvalue weighted by Crippen LogP contribution is 2.39. The molecule has 4 heteroatoms. The van der Waals surface area contributed by atoms with Crippen molar-refractivity contribution in [2.75, 3.05) is 0 Å². The first-order chi connectivity index (χ1) is 13.5. The van der Waals surface area contributed by atoms with Gasteiger partial charge in [0.2, 0.25) is 0 Å². The molecule has 1 aliphatic rings. The molecule has 3 rings (SSSR count). The van der Waals surface area contributed by atoms with Crippen LogP contribution in [0.3, 0.4) is 0 Å². The van der Waals surface area contributed by atoms with Gasteiger partial charge in [-0.2, -0.15) is 8.78 Å². The van der Waals surface area contributed by atoms with Gasteiger partial charge in [0.15, 0.2) is 0 Å². The van der Waals surface area contributed by atoms with Crippen LogP contribution in [0, 0.1) is 5.92 Å². The van der Waals surface area contributed by atoms with Crippen LogP contribution in [0.5, 0.6) is 5.75 Å². The quantitative estimate of drug-likeness (QED) is 0.366. The van der Waals surface area contributed by atoms with Gasteiger partial charge in [-0.05, 0) is 79.5 Å². The molecule has 0 saturated heterocycles. The lowest BCUT2D eigenvalue weighted by molar-refractivity contribution is -0.185. The van der Waals surface area contributed by atoms with E-state index >= 15 is 0 Å². The maximum atomic E-state index is 14.5. The van der Waals surface area contributed by atoms with Gasteiger partial charge in [0.1, 0.15) is 5.75 Å². The zero-order valence-electron chi connectivity index (χ0n) is 16.5. The SMILES string of the molecule is CCCCCC1CCC(c2ccc(C(F)(F)Oc3ccc(Br)cc3)cc2)CC1. The fourth-order valence-corrected chi connectivity index (χ4v) is 4.39. The van der Waals surface area contributed by atoms with E-state index in [9.17, 15) is 8.78 Å². The number of ether oxygens (including phenoxy) is 1. The predicted molar refractivity (Wildman–Crippen MR) is 114 cm³/mol. The zero-order chi connectivity index (χ0) is 20.0. The van der Waals surface area contributed by atoms with Crippen LogP contribution < -0.4 is 4.74 Å². The largest absolute Gasteiger partial charge is 0.429 e. The van der Waals surface area contributed by atoms with E-state index in [4.69, 9.17) is 4.74 Å². The van der Waals surface area contributed by atoms with Crippen molar-refractivity contribution in [1.82, 2.24) is 0 Å². The van der Waals surface area contributed by atoms with Crippen LogP contribution in [0.25, 0.3) is 0 Å². The Kier molecular flexibility index (Phi) is 7.50. The second-order valence-electron chi connectivity index (χ2n) is 7.91. The van der Waals surface area contributed by atoms with Crippen molar-refractivity contribution in [3.05, 3.63) is 64.1 Å². The van der Waals surface area contributed by atoms with Crippen LogP contribution in [0.1, 0.15) is 75.3 Å². The fraction of sp³-hybridized carbons (Fsp3) is 0.500. The Bertz CT molecular complexity index is 719. The summed E-state index contributed by atoms with van der Waals surface area (Å²) in [5.74, 6) is 1.50. The Balaban J connectivity index is 1.56. The van der Waals surface area contributed by atoms with Gasteiger partial charge in [0.05, 0.1) is 5.56 Å². The summed E-state index contributed by atoms with van der Waals surface area (Å²) < 4.78 is 34.7. The monoisotopic (exact) mass is 450 g/mol. The lowest BCUT2D eigenvalue weighted by Gasteiger charge is -2.29. The van der Waals surface area contributed by atoms with Gasteiger partial charge in [-0.25, -0.2) is 0 Å². The molecule has 0 amide bonds. The van der Waals surface area contributed by atoms with Crippen molar-refractivity contribution in [3.8, 4) is 5.75 Å². The van der Waals surface area contributed by atoms with Gasteiger partial charge >= 0.3 is 6.11 Å². The molecule has 0 heterocycles. The molecular formula is C24H29BrF2O. The van der Waals surface area contributed by atoms with Gasteiger partial charge < -0.3 is 4.74 Å². The molecule has 0 atom stereocenters. The van der Waals surface area contributed by atoms with Crippen molar-refractivity contribution >= 4 is 15.9 Å². The van der Waals surface area contributed by atoms with Crippen LogP contribution in [0.15, 0.2) is 53.0 Å². The standard InChI is InChI=1S/C24H29BrF2O/c1-2-3-4-5-18-6-8-19(9-7-18)20-10-12-21(13-11-20)24(26,27)28-23-16-14-22(25)15-17-23/h10-19H,2-9H2,1H3. The molecule has 0 aromatic heterocycles. The van der Waals surface area contributed by atoms with Crippen molar-refractivity contribution < 1.29 is 13.5 Å². The predicted octanol–water partition coefficient (Wildman–Crippen LogP) is 8.43. The van der Waals surface area contributed by atoms with Crippen molar-refractivity contribution in [1.29, 1.82) is 0 Å². The molecule has 0 unspecified atom stereocenters. The maximum absolute atomic E-state index is 14.5. The van der Waals surface area contributed by atoms with E-state index in [1.807, 2.05) is 12.1 Å². The van der Waals surface area contributed by atoms with Crippen LogP contribution in [-0.2, 0) is 6.11 Å². The summed E-state index contributed by atoms with van der Waals surface area (Å²) in [6.45, 7) is 2.24. The van der Waals surface area contributed by atoms with Crippen LogP contribution in [0.4, 0.5) is 8.78 Å². The number of alkyl halides is 2. The first-order valence-electron chi connectivity index (χ1n) is 10.4. The summed E-state index contributed by atoms with van der Waals surface area (Å²) in [6.07, 6.45) is 6.81. The molecule has 0 aliphatic heterocycles. The summed E-state index contributed by atoms with van der Waals surface area (Å²) in [4.78, 5) is 0. The third-order valence-corrected chi connectivity index (χ3v) is 6.37. The molecule has 2 aromatic rings. The van der Waals surface area contributed by atoms with E-state index in [1.165, 1.54) is 81.2 Å². The molecule has 0 spiro atoms. The Morgan fingerprint density at radius 1 is 0.929 bits per heavy atom. The third-order valence-electron chi connectivity index (χ3n) is 5.84. The second-order valence-corrected chi connectivity index (χ2v) is 8.82. The summed E-state index contributed by atoms with van der Waals surface area (Å²) in [7, 11) is 0. The van der Waals surface area contributed by atoms with E-state index in [-0.39, 0.29) is 11.3 Å². The summed E-state index contributed by atoms with van der Waals surface area (Å²) >= 11 is 3.29. The highest BCUT2D eigenvalue weighted by molar-refractivity contribution is 9.10. The first kappa shape index (κ1) is 21.3. The Morgan fingerprint density at radius 2 is 1.57 bits per heavy atom. The highest BCUT2D eigenvalue weighted by Gasteiger charge is 2.34. The maximum Gasteiger partial charge on any atom is 0.426 e. The summed E-state index contributed by atoms with van der Waals surface area (Å²) in [6, 6.07) is 13.2. The van der Waals surface area contributed by atoms with Gasteiger partial charge in [-0.1, -0.05) is 60.7 Å². The molecule has 1 fully saturated rings. The first-order valence-corrected chi connectivity index (χ1v) is 11.2. The average molecular weight is 451 g/mol. The molecule has 1 aliphatic carbocycles. The Hall–Kier alpha value is -1.42. The smallest absolute Gasteiger partial charge is 0.426 e. The summed E-state index contributed by atoms with van der Waals surface area (Å²) in [5.41, 5.74) is 1.07. The summed E-state index contributed by atoms with van der Waals surface area (Å²) in [5, 5.41) is 0. The second kappa shape index (κ2) is 9.87. The average Bonchev–Trinajstić information content (AvgIpc) is 2.70. The molecule has 0 radical (unpaired) electrons. The minimum atomic E-state index is -3.34. The normalized spacial score (nSPS) is 20.1. The fourth-order valence-electron chi connectivity index (χ4n) is 4.13. The lowest BCUT2D eigenvalue weighted by atomic mass is 9.77. The van der Waals surface area contributed by atoms with Gasteiger partial charge in [-0.15, -0.1) is 0 Å². The third kappa shape index (κ3) is 5.79. The number of hydrogen-bond donors (Lipinski definition) is 0. The van der Waals surface area contributed by atoms with E-state index in [0.717, 1.165) is 10.4 Å². The molecule has 1 saturated carbocycles. The number of unbranched alkanes of at least 4 members (excludes halogenated alkanes) is 2. The number of halogens is 3. The lowest BCUT2D eigenvalue weighted by Crippen LogP contribution is -2.22. The molecule has 1 nitrogen and oxygen atoms in total. The van der Waals surface area contributed by atoms with Crippen molar-refractivity contribution in [3.63, 3.8) is 0 Å². The zero-order valence-corrected chi connectivity index (χ0v) is 18.1. The van der Waals surface area contributed by atoms with Crippen molar-refractivity contribution in [2.45, 2.75) is 70.3 Å².